The van der Waals surface area contributed by atoms with Gasteiger partial charge in [0.25, 0.3) is 0 Å². The van der Waals surface area contributed by atoms with Gasteiger partial charge in [0.2, 0.25) is 0 Å². The van der Waals surface area contributed by atoms with Crippen LogP contribution < -0.4 is 0 Å². The maximum atomic E-state index is 11.6. The van der Waals surface area contributed by atoms with E-state index in [4.69, 9.17) is 16.1 Å². The molecule has 0 saturated heterocycles. The van der Waals surface area contributed by atoms with Crippen LogP contribution in [0.1, 0.15) is 48.6 Å². The number of hydrogen-bond donors (Lipinski definition) is 1. The molecule has 1 saturated carbocycles. The zero-order valence-electron chi connectivity index (χ0n) is 20.6. The third-order valence-electron chi connectivity index (χ3n) is 7.45. The molecule has 184 valence electrons. The number of benzene rings is 3. The Bertz CT molecular complexity index is 1350. The molecule has 1 aromatic heterocycles. The van der Waals surface area contributed by atoms with E-state index in [1.165, 1.54) is 11.1 Å². The Hall–Kier alpha value is -3.37. The summed E-state index contributed by atoms with van der Waals surface area (Å²) in [5.74, 6) is 0.595. The predicted molar refractivity (Wildman–Crippen MR) is 143 cm³/mol. The topological polar surface area (TPSA) is 63.3 Å². The maximum Gasteiger partial charge on any atom is 0.314 e. The molecule has 36 heavy (non-hydrogen) atoms. The summed E-state index contributed by atoms with van der Waals surface area (Å²) in [4.78, 5) is 11.6. The lowest BCUT2D eigenvalue weighted by Crippen LogP contribution is -2.19. The van der Waals surface area contributed by atoms with E-state index in [0.717, 1.165) is 70.8 Å². The van der Waals surface area contributed by atoms with Crippen LogP contribution in [0.15, 0.2) is 77.3 Å². The number of halogens is 1. The van der Waals surface area contributed by atoms with Crippen LogP contribution in [0, 0.1) is 12.8 Å². The SMILES string of the molecule is Cc1noc(-c2ccc(-c3ccc(C4(C(=O)O)CC4)cc3)cc2)c1CC(C)CCc1ccc(Cl)cc1. The van der Waals surface area contributed by atoms with Crippen molar-refractivity contribution in [2.75, 3.05) is 0 Å². The first kappa shape index (κ1) is 24.3. The quantitative estimate of drug-likeness (QED) is 0.254. The molecule has 0 bridgehead atoms. The number of rotatable bonds is 9. The van der Waals surface area contributed by atoms with Gasteiger partial charge in [-0.3, -0.25) is 4.79 Å². The van der Waals surface area contributed by atoms with E-state index in [1.54, 1.807) is 0 Å². The minimum atomic E-state index is -0.725. The average molecular weight is 500 g/mol. The molecule has 0 amide bonds. The standard InChI is InChI=1S/C31H30ClNO3/c1-20(3-4-22-5-15-27(32)16-6-22)19-28-21(2)33-36-29(28)25-9-7-23(8-10-25)24-11-13-26(14-12-24)31(17-18-31)30(34)35/h5-16,20H,3-4,17-19H2,1-2H3,(H,34,35). The van der Waals surface area contributed by atoms with Gasteiger partial charge in [-0.25, -0.2) is 0 Å². The molecule has 1 heterocycles. The molecule has 0 radical (unpaired) electrons. The molecule has 0 spiro atoms. The summed E-state index contributed by atoms with van der Waals surface area (Å²) < 4.78 is 5.77. The largest absolute Gasteiger partial charge is 0.481 e. The van der Waals surface area contributed by atoms with Crippen molar-refractivity contribution in [3.63, 3.8) is 0 Å². The second-order valence-corrected chi connectivity index (χ2v) is 10.5. The van der Waals surface area contributed by atoms with Crippen molar-refractivity contribution in [1.29, 1.82) is 0 Å². The van der Waals surface area contributed by atoms with Crippen LogP contribution >= 0.6 is 11.6 Å². The normalized spacial score (nSPS) is 15.0. The van der Waals surface area contributed by atoms with Crippen LogP contribution in [0.3, 0.4) is 0 Å². The van der Waals surface area contributed by atoms with Crippen molar-refractivity contribution in [2.24, 2.45) is 5.92 Å². The number of carboxylic acid groups (broad SMARTS) is 1. The van der Waals surface area contributed by atoms with Crippen molar-refractivity contribution in [3.05, 3.63) is 100 Å². The highest BCUT2D eigenvalue weighted by atomic mass is 35.5. The fraction of sp³-hybridized carbons (Fsp3) is 0.290. The van der Waals surface area contributed by atoms with Gasteiger partial charge in [-0.15, -0.1) is 0 Å². The minimum Gasteiger partial charge on any atom is -0.481 e. The first-order chi connectivity index (χ1) is 17.4. The van der Waals surface area contributed by atoms with Crippen LogP contribution in [0.5, 0.6) is 0 Å². The summed E-state index contributed by atoms with van der Waals surface area (Å²) in [6.45, 7) is 4.28. The van der Waals surface area contributed by atoms with Crippen LogP contribution in [0.4, 0.5) is 0 Å². The molecule has 5 rings (SSSR count). The Morgan fingerprint density at radius 2 is 1.56 bits per heavy atom. The minimum absolute atomic E-state index is 0.482. The molecule has 1 aliphatic carbocycles. The Kier molecular flexibility index (Phi) is 6.72. The zero-order chi connectivity index (χ0) is 25.3. The molecule has 1 atom stereocenters. The van der Waals surface area contributed by atoms with E-state index in [-0.39, 0.29) is 0 Å². The number of aromatic nitrogens is 1. The maximum absolute atomic E-state index is 11.6. The number of nitrogens with zero attached hydrogens (tertiary/aromatic N) is 1. The van der Waals surface area contributed by atoms with Gasteiger partial charge in [0, 0.05) is 16.1 Å². The summed E-state index contributed by atoms with van der Waals surface area (Å²) in [5, 5.41) is 14.6. The second-order valence-electron chi connectivity index (χ2n) is 10.1. The van der Waals surface area contributed by atoms with Crippen molar-refractivity contribution in [3.8, 4) is 22.5 Å². The molecule has 3 aromatic carbocycles. The molecule has 5 heteroatoms. The third-order valence-corrected chi connectivity index (χ3v) is 7.71. The predicted octanol–water partition coefficient (Wildman–Crippen LogP) is 7.90. The lowest BCUT2D eigenvalue weighted by atomic mass is 9.91. The average Bonchev–Trinajstić information content (AvgIpc) is 3.63. The van der Waals surface area contributed by atoms with Crippen LogP contribution in [-0.2, 0) is 23.1 Å². The van der Waals surface area contributed by atoms with E-state index >= 15 is 0 Å². The van der Waals surface area contributed by atoms with E-state index in [0.29, 0.717) is 5.92 Å². The third kappa shape index (κ3) is 4.96. The van der Waals surface area contributed by atoms with Crippen LogP contribution in [0.25, 0.3) is 22.5 Å². The van der Waals surface area contributed by atoms with E-state index in [2.05, 4.69) is 48.5 Å². The number of aliphatic carboxylic acids is 1. The van der Waals surface area contributed by atoms with Gasteiger partial charge < -0.3 is 9.63 Å². The summed E-state index contributed by atoms with van der Waals surface area (Å²) >= 11 is 6.01. The lowest BCUT2D eigenvalue weighted by molar-refractivity contribution is -0.140. The number of carbonyl (C=O) groups is 1. The number of carboxylic acids is 1. The lowest BCUT2D eigenvalue weighted by Gasteiger charge is -2.12. The molecule has 1 fully saturated rings. The monoisotopic (exact) mass is 499 g/mol. The molecular formula is C31H30ClNO3. The highest BCUT2D eigenvalue weighted by Crippen LogP contribution is 2.48. The van der Waals surface area contributed by atoms with Gasteiger partial charge in [-0.2, -0.15) is 0 Å². The van der Waals surface area contributed by atoms with Crippen LogP contribution in [0.2, 0.25) is 5.02 Å². The first-order valence-corrected chi connectivity index (χ1v) is 12.9. The van der Waals surface area contributed by atoms with Gasteiger partial charge in [-0.05, 0) is 79.3 Å². The molecular weight excluding hydrogens is 470 g/mol. The molecule has 1 aliphatic rings. The Balaban J connectivity index is 1.27. The Labute approximate surface area is 216 Å². The van der Waals surface area contributed by atoms with E-state index in [9.17, 15) is 9.90 Å². The van der Waals surface area contributed by atoms with E-state index in [1.807, 2.05) is 43.3 Å². The van der Waals surface area contributed by atoms with Gasteiger partial charge in [0.15, 0.2) is 5.76 Å². The number of hydrogen-bond acceptors (Lipinski definition) is 3. The van der Waals surface area contributed by atoms with Crippen molar-refractivity contribution < 1.29 is 14.4 Å². The Morgan fingerprint density at radius 1 is 0.972 bits per heavy atom. The molecule has 1 unspecified atom stereocenters. The van der Waals surface area contributed by atoms with Gasteiger partial charge >= 0.3 is 5.97 Å². The Morgan fingerprint density at radius 3 is 2.14 bits per heavy atom. The van der Waals surface area contributed by atoms with E-state index < -0.39 is 11.4 Å². The van der Waals surface area contributed by atoms with Crippen molar-refractivity contribution in [1.82, 2.24) is 5.16 Å². The molecule has 1 N–H and O–H groups in total. The smallest absolute Gasteiger partial charge is 0.314 e. The summed E-state index contributed by atoms with van der Waals surface area (Å²) in [6, 6.07) is 24.3. The van der Waals surface area contributed by atoms with Crippen LogP contribution in [-0.4, -0.2) is 16.2 Å². The number of aryl methyl sites for hydroxylation is 2. The fourth-order valence-corrected chi connectivity index (χ4v) is 5.04. The zero-order valence-corrected chi connectivity index (χ0v) is 21.4. The van der Waals surface area contributed by atoms with Gasteiger partial charge in [-0.1, -0.05) is 84.3 Å². The second kappa shape index (κ2) is 9.94. The highest BCUT2D eigenvalue weighted by Gasteiger charge is 2.51. The van der Waals surface area contributed by atoms with Crippen molar-refractivity contribution >= 4 is 17.6 Å². The van der Waals surface area contributed by atoms with Gasteiger partial charge in [0.05, 0.1) is 11.1 Å². The fourth-order valence-electron chi connectivity index (χ4n) is 4.92. The molecule has 4 nitrogen and oxygen atoms in total. The van der Waals surface area contributed by atoms with Crippen molar-refractivity contribution in [2.45, 2.75) is 51.4 Å². The first-order valence-electron chi connectivity index (χ1n) is 12.5. The summed E-state index contributed by atoms with van der Waals surface area (Å²) in [6.07, 6.45) is 4.43. The van der Waals surface area contributed by atoms with Gasteiger partial charge in [0.1, 0.15) is 0 Å². The highest BCUT2D eigenvalue weighted by molar-refractivity contribution is 6.30. The molecule has 4 aromatic rings. The summed E-state index contributed by atoms with van der Waals surface area (Å²) in [7, 11) is 0. The molecule has 0 aliphatic heterocycles. The summed E-state index contributed by atoms with van der Waals surface area (Å²) in [5.41, 5.74) is 6.79.